The van der Waals surface area contributed by atoms with Gasteiger partial charge in [0, 0.05) is 6.07 Å². The van der Waals surface area contributed by atoms with Crippen LogP contribution in [0.25, 0.3) is 0 Å². The molecule has 0 aliphatic rings. The highest BCUT2D eigenvalue weighted by Gasteiger charge is 2.23. The molecule has 0 bridgehead atoms. The van der Waals surface area contributed by atoms with E-state index in [1.807, 2.05) is 0 Å². The van der Waals surface area contributed by atoms with Gasteiger partial charge in [0.2, 0.25) is 0 Å². The van der Waals surface area contributed by atoms with Crippen LogP contribution in [0.4, 0.5) is 8.78 Å². The summed E-state index contributed by atoms with van der Waals surface area (Å²) in [6.45, 7) is 0. The number of aromatic carboxylic acids is 1. The van der Waals surface area contributed by atoms with Crippen LogP contribution in [-0.2, 0) is 0 Å². The van der Waals surface area contributed by atoms with Crippen LogP contribution in [0, 0.1) is 11.6 Å². The number of benzene rings is 1. The van der Waals surface area contributed by atoms with Gasteiger partial charge in [-0.3, -0.25) is 0 Å². The van der Waals surface area contributed by atoms with Crippen molar-refractivity contribution in [1.29, 1.82) is 0 Å². The zero-order valence-corrected chi connectivity index (χ0v) is 8.56. The summed E-state index contributed by atoms with van der Waals surface area (Å²) in [4.78, 5) is 10.5. The third-order valence-corrected chi connectivity index (χ3v) is 2.13. The van der Waals surface area contributed by atoms with Crippen LogP contribution in [-0.4, -0.2) is 18.2 Å². The van der Waals surface area contributed by atoms with Gasteiger partial charge in [-0.25, -0.2) is 13.6 Å². The summed E-state index contributed by atoms with van der Waals surface area (Å²) in [5.74, 6) is -4.38. The third kappa shape index (κ3) is 1.70. The highest BCUT2D eigenvalue weighted by molar-refractivity contribution is 9.10. The van der Waals surface area contributed by atoms with E-state index in [1.54, 1.807) is 0 Å². The SMILES string of the molecule is COc1cc(Br)c(F)c(C(=O)O)c1F. The number of carbonyl (C=O) groups is 1. The van der Waals surface area contributed by atoms with E-state index in [2.05, 4.69) is 20.7 Å². The van der Waals surface area contributed by atoms with E-state index in [0.29, 0.717) is 0 Å². The molecule has 1 N–H and O–H groups in total. The van der Waals surface area contributed by atoms with Crippen molar-refractivity contribution in [2.24, 2.45) is 0 Å². The van der Waals surface area contributed by atoms with Crippen molar-refractivity contribution in [3.05, 3.63) is 27.7 Å². The average molecular weight is 267 g/mol. The molecular weight excluding hydrogens is 262 g/mol. The number of carboxylic acids is 1. The van der Waals surface area contributed by atoms with Crippen molar-refractivity contribution in [3.63, 3.8) is 0 Å². The summed E-state index contributed by atoms with van der Waals surface area (Å²) in [7, 11) is 1.16. The molecule has 14 heavy (non-hydrogen) atoms. The zero-order chi connectivity index (χ0) is 10.9. The first-order valence-corrected chi connectivity index (χ1v) is 4.23. The summed E-state index contributed by atoms with van der Waals surface area (Å²) >= 11 is 2.76. The first-order valence-electron chi connectivity index (χ1n) is 3.43. The molecule has 1 aromatic carbocycles. The number of hydrogen-bond acceptors (Lipinski definition) is 2. The first kappa shape index (κ1) is 10.9. The fourth-order valence-corrected chi connectivity index (χ4v) is 1.32. The molecular formula is C8H5BrF2O3. The fourth-order valence-electron chi connectivity index (χ4n) is 0.917. The maximum absolute atomic E-state index is 13.2. The van der Waals surface area contributed by atoms with Crippen LogP contribution in [0.3, 0.4) is 0 Å². The largest absolute Gasteiger partial charge is 0.494 e. The molecule has 0 saturated heterocycles. The summed E-state index contributed by atoms with van der Waals surface area (Å²) in [5.41, 5.74) is -1.03. The summed E-state index contributed by atoms with van der Waals surface area (Å²) < 4.78 is 30.7. The van der Waals surface area contributed by atoms with Gasteiger partial charge in [0.25, 0.3) is 0 Å². The number of rotatable bonds is 2. The van der Waals surface area contributed by atoms with Crippen LogP contribution in [0.5, 0.6) is 5.75 Å². The van der Waals surface area contributed by atoms with Crippen molar-refractivity contribution in [2.75, 3.05) is 7.11 Å². The van der Waals surface area contributed by atoms with Gasteiger partial charge in [-0.1, -0.05) is 0 Å². The highest BCUT2D eigenvalue weighted by Crippen LogP contribution is 2.29. The van der Waals surface area contributed by atoms with Crippen molar-refractivity contribution < 1.29 is 23.4 Å². The number of halogens is 3. The number of carboxylic acid groups (broad SMARTS) is 1. The lowest BCUT2D eigenvalue weighted by atomic mass is 10.2. The van der Waals surface area contributed by atoms with Crippen LogP contribution < -0.4 is 4.74 Å². The molecule has 0 aliphatic carbocycles. The predicted octanol–water partition coefficient (Wildman–Crippen LogP) is 2.43. The molecule has 0 aliphatic heterocycles. The average Bonchev–Trinajstić information content (AvgIpc) is 2.11. The van der Waals surface area contributed by atoms with Crippen molar-refractivity contribution in [1.82, 2.24) is 0 Å². The molecule has 0 saturated carbocycles. The molecule has 0 spiro atoms. The molecule has 0 heterocycles. The Bertz CT molecular complexity index is 393. The van der Waals surface area contributed by atoms with Crippen molar-refractivity contribution in [3.8, 4) is 5.75 Å². The Hall–Kier alpha value is -1.17. The Morgan fingerprint density at radius 2 is 2.07 bits per heavy atom. The fraction of sp³-hybridized carbons (Fsp3) is 0.125. The Balaban J connectivity index is 3.53. The van der Waals surface area contributed by atoms with Gasteiger partial charge in [0.05, 0.1) is 11.6 Å². The van der Waals surface area contributed by atoms with Crippen LogP contribution in [0.2, 0.25) is 0 Å². The van der Waals surface area contributed by atoms with E-state index in [1.165, 1.54) is 0 Å². The quantitative estimate of drug-likeness (QED) is 0.837. The smallest absolute Gasteiger partial charge is 0.341 e. The minimum absolute atomic E-state index is 0.159. The highest BCUT2D eigenvalue weighted by atomic mass is 79.9. The molecule has 6 heteroatoms. The normalized spacial score (nSPS) is 10.0. The lowest BCUT2D eigenvalue weighted by Crippen LogP contribution is -2.07. The molecule has 76 valence electrons. The standard InChI is InChI=1S/C8H5BrF2O3/c1-14-4-2-3(9)6(10)5(7(4)11)8(12)13/h2H,1H3,(H,12,13). The molecule has 0 aromatic heterocycles. The molecule has 0 unspecified atom stereocenters. The molecule has 0 radical (unpaired) electrons. The van der Waals surface area contributed by atoms with Crippen molar-refractivity contribution in [2.45, 2.75) is 0 Å². The van der Waals surface area contributed by atoms with Crippen LogP contribution in [0.1, 0.15) is 10.4 Å². The maximum Gasteiger partial charge on any atom is 0.341 e. The van der Waals surface area contributed by atoms with E-state index >= 15 is 0 Å². The van der Waals surface area contributed by atoms with E-state index in [9.17, 15) is 13.6 Å². The molecule has 0 atom stereocenters. The van der Waals surface area contributed by atoms with E-state index in [0.717, 1.165) is 13.2 Å². The number of hydrogen-bond donors (Lipinski definition) is 1. The molecule has 0 fully saturated rings. The summed E-state index contributed by atoms with van der Waals surface area (Å²) in [6.07, 6.45) is 0. The van der Waals surface area contributed by atoms with E-state index in [4.69, 9.17) is 5.11 Å². The Labute approximate surface area is 86.4 Å². The van der Waals surface area contributed by atoms with E-state index < -0.39 is 23.2 Å². The number of methoxy groups -OCH3 is 1. The minimum Gasteiger partial charge on any atom is -0.494 e. The van der Waals surface area contributed by atoms with Crippen LogP contribution >= 0.6 is 15.9 Å². The van der Waals surface area contributed by atoms with Crippen LogP contribution in [0.15, 0.2) is 10.5 Å². The minimum atomic E-state index is -1.68. The van der Waals surface area contributed by atoms with Gasteiger partial charge in [0.15, 0.2) is 17.4 Å². The maximum atomic E-state index is 13.2. The topological polar surface area (TPSA) is 46.5 Å². The molecule has 0 amide bonds. The van der Waals surface area contributed by atoms with Gasteiger partial charge >= 0.3 is 5.97 Å². The summed E-state index contributed by atoms with van der Waals surface area (Å²) in [6, 6.07) is 1.02. The predicted molar refractivity (Wildman–Crippen MR) is 47.6 cm³/mol. The van der Waals surface area contributed by atoms with Gasteiger partial charge in [-0.15, -0.1) is 0 Å². The second-order valence-electron chi connectivity index (χ2n) is 2.37. The monoisotopic (exact) mass is 266 g/mol. The third-order valence-electron chi connectivity index (χ3n) is 1.56. The second kappa shape index (κ2) is 3.91. The number of ether oxygens (including phenoxy) is 1. The Morgan fingerprint density at radius 1 is 1.50 bits per heavy atom. The van der Waals surface area contributed by atoms with Gasteiger partial charge < -0.3 is 9.84 Å². The van der Waals surface area contributed by atoms with Gasteiger partial charge in [0.1, 0.15) is 5.56 Å². The molecule has 3 nitrogen and oxygen atoms in total. The molecule has 1 rings (SSSR count). The molecule has 1 aromatic rings. The van der Waals surface area contributed by atoms with Gasteiger partial charge in [-0.05, 0) is 15.9 Å². The second-order valence-corrected chi connectivity index (χ2v) is 3.22. The summed E-state index contributed by atoms with van der Waals surface area (Å²) in [5, 5.41) is 8.53. The van der Waals surface area contributed by atoms with E-state index in [-0.39, 0.29) is 10.2 Å². The Morgan fingerprint density at radius 3 is 2.50 bits per heavy atom. The lowest BCUT2D eigenvalue weighted by molar-refractivity contribution is 0.0685. The zero-order valence-electron chi connectivity index (χ0n) is 6.97. The lowest BCUT2D eigenvalue weighted by Gasteiger charge is -2.06. The van der Waals surface area contributed by atoms with Crippen molar-refractivity contribution >= 4 is 21.9 Å². The Kier molecular flexibility index (Phi) is 3.05. The first-order chi connectivity index (χ1) is 6.49. The van der Waals surface area contributed by atoms with Gasteiger partial charge in [-0.2, -0.15) is 0 Å².